The van der Waals surface area contributed by atoms with Crippen LogP contribution in [-0.4, -0.2) is 11.6 Å². The highest BCUT2D eigenvalue weighted by Gasteiger charge is 2.02. The Morgan fingerprint density at radius 3 is 3.00 bits per heavy atom. The van der Waals surface area contributed by atoms with Gasteiger partial charge < -0.3 is 4.74 Å². The van der Waals surface area contributed by atoms with Gasteiger partial charge in [0.05, 0.1) is 16.1 Å². The highest BCUT2D eigenvalue weighted by molar-refractivity contribution is 9.10. The lowest BCUT2D eigenvalue weighted by molar-refractivity contribution is 0.296. The fourth-order valence-corrected chi connectivity index (χ4v) is 1.57. The molecule has 1 rings (SSSR count). The number of ether oxygens (including phenoxy) is 1. The van der Waals surface area contributed by atoms with Crippen LogP contribution in [0.3, 0.4) is 0 Å². The maximum atomic E-state index is 5.73. The van der Waals surface area contributed by atoms with Crippen LogP contribution in [0.15, 0.2) is 16.7 Å². The number of hydrogen-bond donors (Lipinski definition) is 0. The number of aromatic nitrogens is 1. The van der Waals surface area contributed by atoms with E-state index in [1.165, 1.54) is 0 Å². The largest absolute Gasteiger partial charge is 0.477 e. The first-order valence-electron chi connectivity index (χ1n) is 4.18. The van der Waals surface area contributed by atoms with Crippen LogP contribution in [0.5, 0.6) is 5.88 Å². The fraction of sp³-hybridized carbons (Fsp3) is 0.444. The minimum atomic E-state index is 0.606. The molecule has 0 aliphatic heterocycles. The molecule has 0 radical (unpaired) electrons. The Kier molecular flexibility index (Phi) is 4.53. The third-order valence-electron chi connectivity index (χ3n) is 1.51. The standard InChI is InChI=1S/C9H11BrClNO/c1-2-3-4-13-9-8(10)5-7(11)6-12-9/h5-6H,2-4H2,1H3. The smallest absolute Gasteiger partial charge is 0.228 e. The molecule has 0 aromatic carbocycles. The average Bonchev–Trinajstić information content (AvgIpc) is 2.09. The SMILES string of the molecule is CCCCOc1ncc(Cl)cc1Br. The summed E-state index contributed by atoms with van der Waals surface area (Å²) in [7, 11) is 0. The van der Waals surface area contributed by atoms with Crippen molar-refractivity contribution in [3.63, 3.8) is 0 Å². The lowest BCUT2D eigenvalue weighted by Gasteiger charge is -2.05. The molecule has 0 saturated carbocycles. The summed E-state index contributed by atoms with van der Waals surface area (Å²) in [5.41, 5.74) is 0. The Morgan fingerprint density at radius 1 is 1.62 bits per heavy atom. The van der Waals surface area contributed by atoms with Gasteiger partial charge in [-0.15, -0.1) is 0 Å². The molecule has 0 unspecified atom stereocenters. The summed E-state index contributed by atoms with van der Waals surface area (Å²) in [6.45, 7) is 2.82. The molecule has 72 valence electrons. The van der Waals surface area contributed by atoms with Gasteiger partial charge in [0.1, 0.15) is 0 Å². The van der Waals surface area contributed by atoms with Gasteiger partial charge >= 0.3 is 0 Å². The summed E-state index contributed by atoms with van der Waals surface area (Å²) in [6.07, 6.45) is 3.73. The molecule has 1 aromatic rings. The van der Waals surface area contributed by atoms with Gasteiger partial charge in [-0.25, -0.2) is 4.98 Å². The summed E-state index contributed by atoms with van der Waals surface area (Å²) in [4.78, 5) is 4.05. The molecule has 0 aliphatic rings. The van der Waals surface area contributed by atoms with Crippen molar-refractivity contribution in [2.45, 2.75) is 19.8 Å². The van der Waals surface area contributed by atoms with Crippen molar-refractivity contribution in [2.24, 2.45) is 0 Å². The lowest BCUT2D eigenvalue weighted by atomic mass is 10.4. The van der Waals surface area contributed by atoms with E-state index in [4.69, 9.17) is 16.3 Å². The van der Waals surface area contributed by atoms with Gasteiger partial charge in [0, 0.05) is 6.20 Å². The van der Waals surface area contributed by atoms with E-state index in [0.717, 1.165) is 17.3 Å². The summed E-state index contributed by atoms with van der Waals surface area (Å²) in [5.74, 6) is 0.609. The van der Waals surface area contributed by atoms with Crippen LogP contribution in [0.4, 0.5) is 0 Å². The second-order valence-corrected chi connectivity index (χ2v) is 3.93. The van der Waals surface area contributed by atoms with Crippen molar-refractivity contribution in [3.05, 3.63) is 21.8 Å². The topological polar surface area (TPSA) is 22.1 Å². The van der Waals surface area contributed by atoms with E-state index >= 15 is 0 Å². The van der Waals surface area contributed by atoms with Crippen molar-refractivity contribution in [3.8, 4) is 5.88 Å². The Morgan fingerprint density at radius 2 is 2.38 bits per heavy atom. The van der Waals surface area contributed by atoms with Gasteiger partial charge in [-0.1, -0.05) is 24.9 Å². The lowest BCUT2D eigenvalue weighted by Crippen LogP contribution is -1.98. The highest BCUT2D eigenvalue weighted by atomic mass is 79.9. The number of halogens is 2. The van der Waals surface area contributed by atoms with Gasteiger partial charge in [0.2, 0.25) is 5.88 Å². The van der Waals surface area contributed by atoms with Crippen molar-refractivity contribution in [1.82, 2.24) is 4.98 Å². The minimum Gasteiger partial charge on any atom is -0.477 e. The van der Waals surface area contributed by atoms with Crippen LogP contribution in [0.2, 0.25) is 5.02 Å². The molecule has 4 heteroatoms. The number of nitrogens with zero attached hydrogens (tertiary/aromatic N) is 1. The Balaban J connectivity index is 2.56. The third-order valence-corrected chi connectivity index (χ3v) is 2.29. The molecule has 0 N–H and O–H groups in total. The van der Waals surface area contributed by atoms with E-state index < -0.39 is 0 Å². The summed E-state index contributed by atoms with van der Waals surface area (Å²) in [5, 5.41) is 0.606. The van der Waals surface area contributed by atoms with Crippen LogP contribution in [0.25, 0.3) is 0 Å². The van der Waals surface area contributed by atoms with Crippen LogP contribution in [0.1, 0.15) is 19.8 Å². The molecular formula is C9H11BrClNO. The molecule has 0 saturated heterocycles. The second-order valence-electron chi connectivity index (χ2n) is 2.64. The summed E-state index contributed by atoms with van der Waals surface area (Å²) < 4.78 is 6.22. The maximum absolute atomic E-state index is 5.73. The first kappa shape index (κ1) is 10.8. The zero-order chi connectivity index (χ0) is 9.68. The van der Waals surface area contributed by atoms with Crippen LogP contribution >= 0.6 is 27.5 Å². The van der Waals surface area contributed by atoms with E-state index in [9.17, 15) is 0 Å². The third kappa shape index (κ3) is 3.53. The molecule has 0 spiro atoms. The number of pyridine rings is 1. The quantitative estimate of drug-likeness (QED) is 0.774. The van der Waals surface area contributed by atoms with Crippen molar-refractivity contribution in [2.75, 3.05) is 6.61 Å². The molecule has 1 heterocycles. The van der Waals surface area contributed by atoms with Crippen molar-refractivity contribution < 1.29 is 4.74 Å². The van der Waals surface area contributed by atoms with E-state index in [1.807, 2.05) is 0 Å². The van der Waals surface area contributed by atoms with Gasteiger partial charge in [-0.2, -0.15) is 0 Å². The maximum Gasteiger partial charge on any atom is 0.228 e. The zero-order valence-corrected chi connectivity index (χ0v) is 9.73. The molecule has 0 fully saturated rings. The van der Waals surface area contributed by atoms with Gasteiger partial charge in [-0.3, -0.25) is 0 Å². The Labute approximate surface area is 91.4 Å². The molecule has 2 nitrogen and oxygen atoms in total. The summed E-state index contributed by atoms with van der Waals surface area (Å²) in [6, 6.07) is 1.77. The van der Waals surface area contributed by atoms with Gasteiger partial charge in [0.15, 0.2) is 0 Å². The van der Waals surface area contributed by atoms with E-state index in [-0.39, 0.29) is 0 Å². The normalized spacial score (nSPS) is 10.1. The van der Waals surface area contributed by atoms with Crippen LogP contribution < -0.4 is 4.74 Å². The number of unbranched alkanes of at least 4 members (excludes halogenated alkanes) is 1. The molecular weight excluding hydrogens is 253 g/mol. The van der Waals surface area contributed by atoms with E-state index in [1.54, 1.807) is 12.3 Å². The predicted octanol–water partition coefficient (Wildman–Crippen LogP) is 3.68. The van der Waals surface area contributed by atoms with Gasteiger partial charge in [0.25, 0.3) is 0 Å². The average molecular weight is 265 g/mol. The number of hydrogen-bond acceptors (Lipinski definition) is 2. The second kappa shape index (κ2) is 5.45. The molecule has 0 atom stereocenters. The van der Waals surface area contributed by atoms with Crippen LogP contribution in [0, 0.1) is 0 Å². The first-order valence-corrected chi connectivity index (χ1v) is 5.35. The first-order chi connectivity index (χ1) is 6.24. The van der Waals surface area contributed by atoms with Crippen LogP contribution in [-0.2, 0) is 0 Å². The molecule has 0 aliphatic carbocycles. The Bertz CT molecular complexity index is 280. The minimum absolute atomic E-state index is 0.606. The highest BCUT2D eigenvalue weighted by Crippen LogP contribution is 2.25. The van der Waals surface area contributed by atoms with E-state index in [2.05, 4.69) is 27.8 Å². The fourth-order valence-electron chi connectivity index (χ4n) is 0.821. The van der Waals surface area contributed by atoms with Gasteiger partial charge in [-0.05, 0) is 28.4 Å². The predicted molar refractivity (Wildman–Crippen MR) is 57.4 cm³/mol. The zero-order valence-electron chi connectivity index (χ0n) is 7.39. The number of rotatable bonds is 4. The molecule has 0 amide bonds. The Hall–Kier alpha value is -0.280. The molecule has 13 heavy (non-hydrogen) atoms. The van der Waals surface area contributed by atoms with Crippen molar-refractivity contribution in [1.29, 1.82) is 0 Å². The van der Waals surface area contributed by atoms with E-state index in [0.29, 0.717) is 17.5 Å². The van der Waals surface area contributed by atoms with Crippen molar-refractivity contribution >= 4 is 27.5 Å². The monoisotopic (exact) mass is 263 g/mol. The molecule has 0 bridgehead atoms. The summed E-state index contributed by atoms with van der Waals surface area (Å²) >= 11 is 9.06. The molecule has 1 aromatic heterocycles.